The SMILES string of the molecule is OC(Cc1ccc(Cl)cc1F)c1cc(Br)ccc1F. The molecule has 0 aliphatic carbocycles. The number of benzene rings is 2. The Morgan fingerprint density at radius 2 is 1.84 bits per heavy atom. The molecule has 0 saturated carbocycles. The van der Waals surface area contributed by atoms with Crippen LogP contribution in [0.3, 0.4) is 0 Å². The molecule has 2 aromatic rings. The zero-order chi connectivity index (χ0) is 14.0. The van der Waals surface area contributed by atoms with Crippen LogP contribution in [0.5, 0.6) is 0 Å². The second-order valence-electron chi connectivity index (χ2n) is 4.12. The van der Waals surface area contributed by atoms with E-state index < -0.39 is 17.7 Å². The maximum absolute atomic E-state index is 13.6. The molecule has 19 heavy (non-hydrogen) atoms. The van der Waals surface area contributed by atoms with Crippen molar-refractivity contribution < 1.29 is 13.9 Å². The van der Waals surface area contributed by atoms with Crippen molar-refractivity contribution in [3.63, 3.8) is 0 Å². The first-order valence-electron chi connectivity index (χ1n) is 5.54. The van der Waals surface area contributed by atoms with E-state index >= 15 is 0 Å². The van der Waals surface area contributed by atoms with E-state index in [4.69, 9.17) is 11.6 Å². The van der Waals surface area contributed by atoms with Gasteiger partial charge in [-0.3, -0.25) is 0 Å². The summed E-state index contributed by atoms with van der Waals surface area (Å²) in [6.45, 7) is 0. The Balaban J connectivity index is 2.25. The van der Waals surface area contributed by atoms with Crippen LogP contribution < -0.4 is 0 Å². The molecule has 0 fully saturated rings. The predicted octanol–water partition coefficient (Wildman–Crippen LogP) is 4.66. The molecule has 0 aliphatic heterocycles. The second kappa shape index (κ2) is 5.99. The van der Waals surface area contributed by atoms with Crippen LogP contribution in [0.15, 0.2) is 40.9 Å². The third-order valence-electron chi connectivity index (χ3n) is 2.75. The van der Waals surface area contributed by atoms with Gasteiger partial charge in [-0.1, -0.05) is 33.6 Å². The Morgan fingerprint density at radius 3 is 2.53 bits per heavy atom. The number of hydrogen-bond acceptors (Lipinski definition) is 1. The molecule has 2 rings (SSSR count). The largest absolute Gasteiger partial charge is 0.388 e. The molecule has 0 aliphatic rings. The van der Waals surface area contributed by atoms with Crippen molar-refractivity contribution in [3.8, 4) is 0 Å². The van der Waals surface area contributed by atoms with Gasteiger partial charge < -0.3 is 5.11 Å². The second-order valence-corrected chi connectivity index (χ2v) is 5.47. The molecule has 1 N–H and O–H groups in total. The molecule has 0 radical (unpaired) electrons. The lowest BCUT2D eigenvalue weighted by atomic mass is 10.0. The fourth-order valence-electron chi connectivity index (χ4n) is 1.78. The van der Waals surface area contributed by atoms with Crippen molar-refractivity contribution in [1.29, 1.82) is 0 Å². The van der Waals surface area contributed by atoms with Gasteiger partial charge in [-0.25, -0.2) is 8.78 Å². The molecule has 5 heteroatoms. The molecule has 0 heterocycles. The summed E-state index contributed by atoms with van der Waals surface area (Å²) in [5.74, 6) is -1.04. The van der Waals surface area contributed by atoms with E-state index in [1.54, 1.807) is 0 Å². The maximum atomic E-state index is 13.6. The molecule has 1 unspecified atom stereocenters. The minimum atomic E-state index is -1.12. The van der Waals surface area contributed by atoms with Gasteiger partial charge >= 0.3 is 0 Å². The van der Waals surface area contributed by atoms with E-state index in [1.807, 2.05) is 0 Å². The lowest BCUT2D eigenvalue weighted by Gasteiger charge is -2.13. The topological polar surface area (TPSA) is 20.2 Å². The molecular weight excluding hydrogens is 338 g/mol. The third kappa shape index (κ3) is 3.53. The van der Waals surface area contributed by atoms with E-state index in [-0.39, 0.29) is 22.6 Å². The number of aliphatic hydroxyl groups is 1. The smallest absolute Gasteiger partial charge is 0.129 e. The van der Waals surface area contributed by atoms with Gasteiger partial charge in [0.05, 0.1) is 6.10 Å². The Hall–Kier alpha value is -0.970. The van der Waals surface area contributed by atoms with E-state index in [0.717, 1.165) is 0 Å². The van der Waals surface area contributed by atoms with Gasteiger partial charge in [0.25, 0.3) is 0 Å². The highest BCUT2D eigenvalue weighted by Crippen LogP contribution is 2.26. The van der Waals surface area contributed by atoms with Crippen LogP contribution >= 0.6 is 27.5 Å². The zero-order valence-corrected chi connectivity index (χ0v) is 12.0. The number of halogens is 4. The lowest BCUT2D eigenvalue weighted by Crippen LogP contribution is -2.06. The highest BCUT2D eigenvalue weighted by molar-refractivity contribution is 9.10. The fraction of sp³-hybridized carbons (Fsp3) is 0.143. The summed E-state index contributed by atoms with van der Waals surface area (Å²) in [7, 11) is 0. The van der Waals surface area contributed by atoms with Crippen LogP contribution in [-0.4, -0.2) is 5.11 Å². The van der Waals surface area contributed by atoms with E-state index in [2.05, 4.69) is 15.9 Å². The number of aliphatic hydroxyl groups excluding tert-OH is 1. The van der Waals surface area contributed by atoms with E-state index in [1.165, 1.54) is 36.4 Å². The standard InChI is InChI=1S/C14H10BrClF2O/c15-9-2-4-12(17)11(6-9)14(19)5-8-1-3-10(16)7-13(8)18/h1-4,6-7,14,19H,5H2. The monoisotopic (exact) mass is 346 g/mol. The summed E-state index contributed by atoms with van der Waals surface area (Å²) < 4.78 is 27.9. The molecule has 0 aromatic heterocycles. The van der Waals surface area contributed by atoms with Crippen molar-refractivity contribution in [2.24, 2.45) is 0 Å². The van der Waals surface area contributed by atoms with Crippen molar-refractivity contribution in [2.45, 2.75) is 12.5 Å². The molecule has 100 valence electrons. The van der Waals surface area contributed by atoms with Gasteiger partial charge in [-0.05, 0) is 35.9 Å². The molecule has 1 atom stereocenters. The molecule has 1 nitrogen and oxygen atoms in total. The molecule has 0 bridgehead atoms. The summed E-state index contributed by atoms with van der Waals surface area (Å²) in [6.07, 6.45) is -1.13. The Labute approximate surface area is 123 Å². The van der Waals surface area contributed by atoms with Gasteiger partial charge in [0.15, 0.2) is 0 Å². The van der Waals surface area contributed by atoms with Crippen molar-refractivity contribution >= 4 is 27.5 Å². The van der Waals surface area contributed by atoms with Crippen LogP contribution in [0.2, 0.25) is 5.02 Å². The highest BCUT2D eigenvalue weighted by atomic mass is 79.9. The third-order valence-corrected chi connectivity index (χ3v) is 3.47. The van der Waals surface area contributed by atoms with Gasteiger partial charge in [0.1, 0.15) is 11.6 Å². The summed E-state index contributed by atoms with van der Waals surface area (Å²) in [6, 6.07) is 8.45. The van der Waals surface area contributed by atoms with Gasteiger partial charge in [0, 0.05) is 21.5 Å². The molecule has 0 spiro atoms. The Bertz CT molecular complexity index is 604. The summed E-state index contributed by atoms with van der Waals surface area (Å²) in [5, 5.41) is 10.3. The maximum Gasteiger partial charge on any atom is 0.129 e. The van der Waals surface area contributed by atoms with Gasteiger partial charge in [-0.2, -0.15) is 0 Å². The summed E-state index contributed by atoms with van der Waals surface area (Å²) >= 11 is 8.85. The Morgan fingerprint density at radius 1 is 1.11 bits per heavy atom. The Kier molecular flexibility index (Phi) is 4.55. The molecule has 0 amide bonds. The van der Waals surface area contributed by atoms with Crippen LogP contribution in [0, 0.1) is 11.6 Å². The van der Waals surface area contributed by atoms with Crippen LogP contribution in [-0.2, 0) is 6.42 Å². The minimum absolute atomic E-state index is 0.0175. The van der Waals surface area contributed by atoms with Crippen molar-refractivity contribution in [3.05, 3.63) is 68.7 Å². The lowest BCUT2D eigenvalue weighted by molar-refractivity contribution is 0.172. The quantitative estimate of drug-likeness (QED) is 0.856. The first kappa shape index (κ1) is 14.4. The summed E-state index contributed by atoms with van der Waals surface area (Å²) in [5.41, 5.74) is 0.417. The van der Waals surface area contributed by atoms with Crippen LogP contribution in [0.4, 0.5) is 8.78 Å². The van der Waals surface area contributed by atoms with Crippen LogP contribution in [0.1, 0.15) is 17.2 Å². The number of hydrogen-bond donors (Lipinski definition) is 1. The molecular formula is C14H10BrClF2O. The summed E-state index contributed by atoms with van der Waals surface area (Å²) in [4.78, 5) is 0. The minimum Gasteiger partial charge on any atom is -0.388 e. The number of rotatable bonds is 3. The van der Waals surface area contributed by atoms with Gasteiger partial charge in [-0.15, -0.1) is 0 Å². The fourth-order valence-corrected chi connectivity index (χ4v) is 2.31. The van der Waals surface area contributed by atoms with Crippen LogP contribution in [0.25, 0.3) is 0 Å². The highest BCUT2D eigenvalue weighted by Gasteiger charge is 2.16. The van der Waals surface area contributed by atoms with E-state index in [0.29, 0.717) is 4.47 Å². The van der Waals surface area contributed by atoms with E-state index in [9.17, 15) is 13.9 Å². The van der Waals surface area contributed by atoms with Gasteiger partial charge in [0.2, 0.25) is 0 Å². The van der Waals surface area contributed by atoms with Crippen molar-refractivity contribution in [1.82, 2.24) is 0 Å². The average Bonchev–Trinajstić information content (AvgIpc) is 2.35. The normalized spacial score (nSPS) is 12.5. The first-order valence-corrected chi connectivity index (χ1v) is 6.71. The molecule has 2 aromatic carbocycles. The van der Waals surface area contributed by atoms with Crippen molar-refractivity contribution in [2.75, 3.05) is 0 Å². The zero-order valence-electron chi connectivity index (χ0n) is 9.71. The molecule has 0 saturated heterocycles. The first-order chi connectivity index (χ1) is 8.97. The average molecular weight is 348 g/mol. The predicted molar refractivity (Wildman–Crippen MR) is 74.2 cm³/mol.